The molecule has 0 heterocycles. The number of halogens is 1. The van der Waals surface area contributed by atoms with Gasteiger partial charge in [0.15, 0.2) is 5.78 Å². The number of benzene rings is 3. The Kier molecular flexibility index (Phi) is 6.55. The van der Waals surface area contributed by atoms with Gasteiger partial charge in [-0.2, -0.15) is 0 Å². The lowest BCUT2D eigenvalue weighted by molar-refractivity contribution is -0.116. The largest absolute Gasteiger partial charge is 0.326 e. The lowest BCUT2D eigenvalue weighted by Crippen LogP contribution is -2.14. The summed E-state index contributed by atoms with van der Waals surface area (Å²) in [5.74, 6) is -0.891. The van der Waals surface area contributed by atoms with Crippen molar-refractivity contribution in [2.75, 3.05) is 10.0 Å². The summed E-state index contributed by atoms with van der Waals surface area (Å²) in [4.78, 5) is 24.6. The van der Waals surface area contributed by atoms with Crippen molar-refractivity contribution >= 4 is 33.1 Å². The number of nitrogens with one attached hydrogen (secondary N) is 2. The van der Waals surface area contributed by atoms with E-state index in [4.69, 9.17) is 0 Å². The lowest BCUT2D eigenvalue weighted by Gasteiger charge is -2.10. The van der Waals surface area contributed by atoms with Crippen molar-refractivity contribution < 1.29 is 22.4 Å². The summed E-state index contributed by atoms with van der Waals surface area (Å²) >= 11 is 0. The monoisotopic (exact) mass is 466 g/mol. The van der Waals surface area contributed by atoms with E-state index in [1.54, 1.807) is 12.1 Å². The van der Waals surface area contributed by atoms with Crippen LogP contribution in [0, 0.1) is 5.82 Å². The standard InChI is InChI=1S/C25H23FN2O4S/c26-20-6-12-23(13-7-20)33(31,32)28-22-10-8-21(9-11-22)27-25(30)15-14-24(29)19-5-4-17-2-1-3-18(17)16-19/h4-13,16,28H,1-3,14-15H2,(H,27,30). The molecule has 0 radical (unpaired) electrons. The Morgan fingerprint density at radius 3 is 2.21 bits per heavy atom. The molecule has 1 aliphatic carbocycles. The molecule has 0 atom stereocenters. The van der Waals surface area contributed by atoms with E-state index in [0.717, 1.165) is 31.4 Å². The van der Waals surface area contributed by atoms with Crippen LogP contribution in [-0.2, 0) is 27.7 Å². The third kappa shape index (κ3) is 5.64. The third-order valence-electron chi connectivity index (χ3n) is 5.54. The molecular formula is C25H23FN2O4S. The summed E-state index contributed by atoms with van der Waals surface area (Å²) in [5, 5.41) is 2.71. The quantitative estimate of drug-likeness (QED) is 0.470. The van der Waals surface area contributed by atoms with Crippen molar-refractivity contribution in [3.05, 3.63) is 89.2 Å². The highest BCUT2D eigenvalue weighted by molar-refractivity contribution is 7.92. The van der Waals surface area contributed by atoms with Crippen LogP contribution in [0.1, 0.15) is 40.7 Å². The van der Waals surface area contributed by atoms with Crippen molar-refractivity contribution in [1.29, 1.82) is 0 Å². The number of carbonyl (C=O) groups excluding carboxylic acids is 2. The van der Waals surface area contributed by atoms with Crippen molar-refractivity contribution in [2.45, 2.75) is 37.0 Å². The van der Waals surface area contributed by atoms with Crippen LogP contribution in [0.25, 0.3) is 0 Å². The number of sulfonamides is 1. The molecule has 0 aliphatic heterocycles. The van der Waals surface area contributed by atoms with Crippen LogP contribution in [0.5, 0.6) is 0 Å². The SMILES string of the molecule is O=C(CCC(=O)c1ccc2c(c1)CCC2)Nc1ccc(NS(=O)(=O)c2ccc(F)cc2)cc1. The summed E-state index contributed by atoms with van der Waals surface area (Å²) < 4.78 is 40.2. The smallest absolute Gasteiger partial charge is 0.261 e. The maximum atomic E-state index is 13.0. The predicted octanol–water partition coefficient (Wildman–Crippen LogP) is 4.72. The van der Waals surface area contributed by atoms with E-state index >= 15 is 0 Å². The minimum Gasteiger partial charge on any atom is -0.326 e. The first-order valence-corrected chi connectivity index (χ1v) is 12.1. The summed E-state index contributed by atoms with van der Waals surface area (Å²) in [6, 6.07) is 16.4. The first-order chi connectivity index (χ1) is 15.8. The van der Waals surface area contributed by atoms with Crippen molar-refractivity contribution in [3.8, 4) is 0 Å². The van der Waals surface area contributed by atoms with Crippen molar-refractivity contribution in [2.24, 2.45) is 0 Å². The molecule has 3 aromatic rings. The molecule has 0 aromatic heterocycles. The highest BCUT2D eigenvalue weighted by Crippen LogP contribution is 2.24. The summed E-state index contributed by atoms with van der Waals surface area (Å²) in [5.41, 5.74) is 3.94. The molecule has 8 heteroatoms. The second-order valence-corrected chi connectivity index (χ2v) is 9.63. The Labute approximate surface area is 191 Å². The van der Waals surface area contributed by atoms with Crippen LogP contribution in [0.15, 0.2) is 71.6 Å². The second-order valence-electron chi connectivity index (χ2n) is 7.95. The Morgan fingerprint density at radius 1 is 0.818 bits per heavy atom. The zero-order valence-electron chi connectivity index (χ0n) is 17.8. The highest BCUT2D eigenvalue weighted by atomic mass is 32.2. The normalized spacial score (nSPS) is 12.8. The number of carbonyl (C=O) groups is 2. The first-order valence-electron chi connectivity index (χ1n) is 10.6. The molecule has 4 rings (SSSR count). The predicted molar refractivity (Wildman–Crippen MR) is 124 cm³/mol. The van der Waals surface area contributed by atoms with Gasteiger partial charge < -0.3 is 5.32 Å². The van der Waals surface area contributed by atoms with Gasteiger partial charge in [-0.3, -0.25) is 14.3 Å². The van der Waals surface area contributed by atoms with E-state index in [9.17, 15) is 22.4 Å². The molecule has 0 bridgehead atoms. The fraction of sp³-hybridized carbons (Fsp3) is 0.200. The zero-order valence-corrected chi connectivity index (χ0v) is 18.6. The summed E-state index contributed by atoms with van der Waals surface area (Å²) in [7, 11) is -3.86. The minimum atomic E-state index is -3.86. The van der Waals surface area contributed by atoms with E-state index in [1.165, 1.54) is 35.4 Å². The average Bonchev–Trinajstić information content (AvgIpc) is 3.27. The number of fused-ring (bicyclic) bond motifs is 1. The lowest BCUT2D eigenvalue weighted by atomic mass is 10.0. The average molecular weight is 467 g/mol. The molecule has 0 saturated heterocycles. The topological polar surface area (TPSA) is 92.3 Å². The number of ketones is 1. The Hall–Kier alpha value is -3.52. The van der Waals surface area contributed by atoms with Crippen LogP contribution in [0.3, 0.4) is 0 Å². The Balaban J connectivity index is 1.30. The van der Waals surface area contributed by atoms with E-state index in [0.29, 0.717) is 16.9 Å². The third-order valence-corrected chi connectivity index (χ3v) is 6.94. The number of amides is 1. The van der Waals surface area contributed by atoms with Crippen LogP contribution >= 0.6 is 0 Å². The zero-order chi connectivity index (χ0) is 23.4. The van der Waals surface area contributed by atoms with Crippen LogP contribution in [0.4, 0.5) is 15.8 Å². The van der Waals surface area contributed by atoms with Crippen molar-refractivity contribution in [1.82, 2.24) is 0 Å². The van der Waals surface area contributed by atoms with Gasteiger partial charge >= 0.3 is 0 Å². The molecule has 0 unspecified atom stereocenters. The van der Waals surface area contributed by atoms with Crippen LogP contribution in [0.2, 0.25) is 0 Å². The molecule has 1 aliphatic rings. The fourth-order valence-electron chi connectivity index (χ4n) is 3.79. The van der Waals surface area contributed by atoms with E-state index in [1.807, 2.05) is 18.2 Å². The maximum Gasteiger partial charge on any atom is 0.261 e. The number of hydrogen-bond donors (Lipinski definition) is 2. The Bertz CT molecular complexity index is 1290. The number of anilines is 2. The number of hydrogen-bond acceptors (Lipinski definition) is 4. The van der Waals surface area contributed by atoms with Gasteiger partial charge in [-0.05, 0) is 85.0 Å². The van der Waals surface area contributed by atoms with Crippen molar-refractivity contribution in [3.63, 3.8) is 0 Å². The van der Waals surface area contributed by atoms with Gasteiger partial charge in [0, 0.05) is 29.8 Å². The van der Waals surface area contributed by atoms with Gasteiger partial charge in [0.2, 0.25) is 5.91 Å². The molecule has 33 heavy (non-hydrogen) atoms. The van der Waals surface area contributed by atoms with Gasteiger partial charge in [0.25, 0.3) is 10.0 Å². The molecule has 0 spiro atoms. The fourth-order valence-corrected chi connectivity index (χ4v) is 4.85. The molecule has 6 nitrogen and oxygen atoms in total. The molecular weight excluding hydrogens is 443 g/mol. The van der Waals surface area contributed by atoms with Crippen LogP contribution < -0.4 is 10.0 Å². The van der Waals surface area contributed by atoms with E-state index in [2.05, 4.69) is 10.0 Å². The Morgan fingerprint density at radius 2 is 1.48 bits per heavy atom. The van der Waals surface area contributed by atoms with Gasteiger partial charge in [0.1, 0.15) is 5.82 Å². The first kappa shape index (κ1) is 22.7. The van der Waals surface area contributed by atoms with Gasteiger partial charge in [0.05, 0.1) is 4.90 Å². The molecule has 170 valence electrons. The summed E-state index contributed by atoms with van der Waals surface area (Å²) in [6.07, 6.45) is 3.32. The highest BCUT2D eigenvalue weighted by Gasteiger charge is 2.16. The molecule has 2 N–H and O–H groups in total. The number of rotatable bonds is 8. The van der Waals surface area contributed by atoms with Gasteiger partial charge in [-0.15, -0.1) is 0 Å². The van der Waals surface area contributed by atoms with E-state index in [-0.39, 0.29) is 29.4 Å². The second kappa shape index (κ2) is 9.54. The molecule has 0 saturated carbocycles. The molecule has 1 amide bonds. The molecule has 3 aromatic carbocycles. The van der Waals surface area contributed by atoms with E-state index < -0.39 is 15.8 Å². The number of Topliss-reactive ketones (excluding diaryl/α,β-unsaturated/α-hetero) is 1. The van der Waals surface area contributed by atoms with Crippen LogP contribution in [-0.4, -0.2) is 20.1 Å². The maximum absolute atomic E-state index is 13.0. The van der Waals surface area contributed by atoms with Gasteiger partial charge in [-0.25, -0.2) is 12.8 Å². The number of aryl methyl sites for hydroxylation is 2. The molecule has 0 fully saturated rings. The summed E-state index contributed by atoms with van der Waals surface area (Å²) in [6.45, 7) is 0. The minimum absolute atomic E-state index is 0.0505. The van der Waals surface area contributed by atoms with Gasteiger partial charge in [-0.1, -0.05) is 12.1 Å².